The summed E-state index contributed by atoms with van der Waals surface area (Å²) < 4.78 is 129. The van der Waals surface area contributed by atoms with Gasteiger partial charge in [0, 0.05) is 108 Å². The Kier molecular flexibility index (Phi) is 31.0. The largest absolute Gasteiger partial charge is 0.494 e. The monoisotopic (exact) mass is 1980 g/mol. The van der Waals surface area contributed by atoms with Crippen LogP contribution >= 0.6 is 15.9 Å². The van der Waals surface area contributed by atoms with Crippen LogP contribution in [0.5, 0.6) is 17.6 Å². The first-order valence-electron chi connectivity index (χ1n) is 46.2. The van der Waals surface area contributed by atoms with Gasteiger partial charge in [0.25, 0.3) is 0 Å². The van der Waals surface area contributed by atoms with Gasteiger partial charge in [0.2, 0.25) is 17.7 Å². The summed E-state index contributed by atoms with van der Waals surface area (Å²) in [6.07, 6.45) is -4.45. The zero-order chi connectivity index (χ0) is 96.9. The molecule has 7 N–H and O–H groups in total. The van der Waals surface area contributed by atoms with Gasteiger partial charge in [-0.2, -0.15) is 0 Å². The average Bonchev–Trinajstić information content (AvgIpc) is 1.59. The molecule has 3 amide bonds. The summed E-state index contributed by atoms with van der Waals surface area (Å²) >= 11 is 3.33. The van der Waals surface area contributed by atoms with Gasteiger partial charge >= 0.3 is 7.12 Å². The Morgan fingerprint density at radius 2 is 0.759 bits per heavy atom. The molecular weight excluding hydrogens is 1860 g/mol. The number of aliphatic hydroxyl groups is 3. The molecule has 0 aliphatic carbocycles. The van der Waals surface area contributed by atoms with Crippen molar-refractivity contribution in [1.82, 2.24) is 45.0 Å². The molecule has 28 nitrogen and oxygen atoms in total. The second-order valence-corrected chi connectivity index (χ2v) is 50.9. The number of H-pyrrole nitrogens is 1. The molecule has 19 rings (SSSR count). The molecule has 12 atom stereocenters. The number of benzene rings is 6. The lowest BCUT2D eigenvalue weighted by Crippen LogP contribution is -2.41. The molecule has 6 aromatic carbocycles. The van der Waals surface area contributed by atoms with E-state index in [2.05, 4.69) is 81.1 Å². The highest BCUT2D eigenvalue weighted by Crippen LogP contribution is 2.42. The van der Waals surface area contributed by atoms with E-state index < -0.39 is 94.6 Å². The maximum absolute atomic E-state index is 15.7. The summed E-state index contributed by atoms with van der Waals surface area (Å²) in [6.45, 7) is 24.9. The van der Waals surface area contributed by atoms with Crippen molar-refractivity contribution in [2.75, 3.05) is 74.0 Å². The second-order valence-electron chi connectivity index (χ2n) is 38.7. The van der Waals surface area contributed by atoms with Gasteiger partial charge in [0.05, 0.1) is 103 Å². The molecule has 35 heteroatoms. The van der Waals surface area contributed by atoms with Crippen LogP contribution in [0.25, 0.3) is 89.1 Å². The van der Waals surface area contributed by atoms with Crippen molar-refractivity contribution in [2.24, 2.45) is 0 Å². The Bertz CT molecular complexity index is 6220. The Morgan fingerprint density at radius 1 is 0.438 bits per heavy atom. The maximum atomic E-state index is 15.7. The number of likely N-dealkylation sites (N-methyl/N-ethyl adjacent to an activating group) is 3. The third kappa shape index (κ3) is 23.6. The van der Waals surface area contributed by atoms with Crippen molar-refractivity contribution < 1.29 is 104 Å². The molecule has 724 valence electrons. The SMILES string of the molecule is CC1(C)OB(c2ccc(-c3nc4cc(O[C@@H]5CO[C@H]6[C@@H]5OC[C@H]6O)n(COCC[Si](C)(C)C)c4cc3F)cc2)OC1(C)C.CNC(=O)Cc1ccc(-c2ccc(-c3nc4cc(O[C@@H]5CO[C@H]6[C@@H]5OC[C@H]6O)[nH]c4cc3F)cc2)cc1.CNC(=O)Cc1ccc(-c2ccc(-c3nc4cc(O[C@@H]5CO[C@H]6[C@@H]5OC[C@H]6O)n(COCC[Si](C)(C)C)c4cc3F)cc2)cc1.CNC(=O)Cc1ccc(Br)cc1. The van der Waals surface area contributed by atoms with E-state index in [1.165, 1.54) is 18.2 Å². The number of halogens is 4. The predicted molar refractivity (Wildman–Crippen MR) is 524 cm³/mol. The van der Waals surface area contributed by atoms with Crippen LogP contribution in [-0.4, -0.2) is 244 Å². The van der Waals surface area contributed by atoms with Crippen LogP contribution in [0.2, 0.25) is 51.4 Å². The van der Waals surface area contributed by atoms with Crippen LogP contribution in [0.4, 0.5) is 13.2 Å². The summed E-state index contributed by atoms with van der Waals surface area (Å²) in [6, 6.07) is 57.6. The molecule has 0 unspecified atom stereocenters. The summed E-state index contributed by atoms with van der Waals surface area (Å²) in [5, 5.41) is 38.1. The first-order valence-corrected chi connectivity index (χ1v) is 54.4. The zero-order valence-electron chi connectivity index (χ0n) is 79.1. The molecule has 137 heavy (non-hydrogen) atoms. The van der Waals surface area contributed by atoms with Crippen LogP contribution in [0, 0.1) is 17.5 Å². The Hall–Kier alpha value is -10.6. The second kappa shape index (κ2) is 42.6. The number of hydrogen-bond acceptors (Lipinski definition) is 22. The number of nitrogens with zero attached hydrogens (tertiary/aromatic N) is 5. The number of aromatic nitrogens is 6. The standard InChI is InChI=1S/C34H40FN3O6Si.C31H42BFN2O7Si.C28H26FN3O5.C9H10BrNO/c1-36-30(40)15-21-5-7-22(8-6-21)23-9-11-24(12-10-23)32-25(35)16-27-26(37-32)17-31(38(27)20-41-13-14-45(2,3)4)44-29-19-43-33-28(39)18-42-34(29)33;1-30(2)31(3,4)42-32(41-30)20-10-8-19(9-11-20)27-21(33)14-23-22(34-27)15-26(35(23)18-37-12-13-43(5,6)7)40-25-17-39-28-24(36)16-38-29(25)28;1-30-24(34)10-15-2-4-16(5-3-15)17-6-8-18(9-7-17)26-19(29)11-20-21(32-26)12-25(31-20)37-23-14-36-27-22(33)13-35-28(23)27;1-11-9(12)6-7-2-4-8(10)5-3-7/h5-12,16-17,28-29,33-34,39H,13-15,18-20H2,1-4H3,(H,36,40);8-11,14-15,24-25,28-29,36H,12-13,16-18H2,1-7H3;2-9,11-12,22-23,27-28,31,33H,10,13-14H2,1H3,(H,30,34);2-5H,6H2,1H3,(H,11,12)/t28-,29-,33-,34-;24-,25-,28-,29-;22-,23-,27-,28-;/m111./s1. The fourth-order valence-corrected chi connectivity index (χ4v) is 18.8. The number of fused-ring (bicyclic) bond motifs is 6. The summed E-state index contributed by atoms with van der Waals surface area (Å²) in [7, 11) is 1.80. The smallest absolute Gasteiger partial charge is 0.470 e. The number of amides is 3. The fourth-order valence-electron chi connectivity index (χ4n) is 17.0. The third-order valence-corrected chi connectivity index (χ3v) is 29.7. The quantitative estimate of drug-likeness (QED) is 0.0177. The molecule has 12 aromatic rings. The van der Waals surface area contributed by atoms with E-state index in [9.17, 15) is 29.7 Å². The van der Waals surface area contributed by atoms with Crippen molar-refractivity contribution in [3.63, 3.8) is 0 Å². The van der Waals surface area contributed by atoms with E-state index in [4.69, 9.17) is 71.4 Å². The van der Waals surface area contributed by atoms with Crippen LogP contribution in [0.1, 0.15) is 44.4 Å². The van der Waals surface area contributed by atoms with Gasteiger partial charge in [0.1, 0.15) is 85.5 Å². The molecular formula is C102H118BBrF3N9O19Si2. The fraction of sp³-hybridized carbons (Fsp3) is 0.412. The predicted octanol–water partition coefficient (Wildman–Crippen LogP) is 14.3. The number of hydrogen-bond donors (Lipinski definition) is 7. The number of aliphatic hydroxyl groups excluding tert-OH is 3. The Morgan fingerprint density at radius 3 is 1.12 bits per heavy atom. The number of pyridine rings is 3. The molecule has 7 fully saturated rings. The number of ether oxygens (including phenoxy) is 11. The van der Waals surface area contributed by atoms with E-state index in [-0.39, 0.29) is 112 Å². The van der Waals surface area contributed by atoms with Crippen molar-refractivity contribution in [3.05, 3.63) is 221 Å². The molecule has 7 aliphatic heterocycles. The third-order valence-electron chi connectivity index (χ3n) is 25.8. The first kappa shape index (κ1) is 99.5. The van der Waals surface area contributed by atoms with E-state index in [1.54, 1.807) is 48.5 Å². The number of nitrogens with one attached hydrogen (secondary N) is 4. The number of carbonyl (C=O) groups excluding carboxylic acids is 3. The minimum absolute atomic E-state index is 0.0337. The molecule has 7 aliphatic rings. The average molecular weight is 1980 g/mol. The zero-order valence-corrected chi connectivity index (χ0v) is 82.6. The Balaban J connectivity index is 0.000000140. The van der Waals surface area contributed by atoms with Crippen molar-refractivity contribution in [3.8, 4) is 73.7 Å². The number of aromatic amines is 1. The van der Waals surface area contributed by atoms with E-state index >= 15 is 13.2 Å². The normalized spacial score (nSPS) is 22.3. The minimum Gasteiger partial charge on any atom is -0.470 e. The lowest BCUT2D eigenvalue weighted by molar-refractivity contribution is -0.120. The van der Waals surface area contributed by atoms with E-state index in [0.717, 1.165) is 61.0 Å². The van der Waals surface area contributed by atoms with Gasteiger partial charge in [0.15, 0.2) is 53.4 Å². The lowest BCUT2D eigenvalue weighted by Gasteiger charge is -2.32. The molecule has 13 heterocycles. The summed E-state index contributed by atoms with van der Waals surface area (Å²) in [4.78, 5) is 51.3. The molecule has 6 aromatic heterocycles. The van der Waals surface area contributed by atoms with Crippen LogP contribution < -0.4 is 35.6 Å². The van der Waals surface area contributed by atoms with Crippen LogP contribution in [-0.2, 0) is 94.3 Å². The highest BCUT2D eigenvalue weighted by atomic mass is 79.9. The van der Waals surface area contributed by atoms with Crippen molar-refractivity contribution in [1.29, 1.82) is 0 Å². The van der Waals surface area contributed by atoms with Gasteiger partial charge in [-0.15, -0.1) is 0 Å². The van der Waals surface area contributed by atoms with Gasteiger partial charge in [-0.25, -0.2) is 28.1 Å². The van der Waals surface area contributed by atoms with Gasteiger partial charge in [-0.3, -0.25) is 23.5 Å². The summed E-state index contributed by atoms with van der Waals surface area (Å²) in [5.74, 6) is 0.0340. The van der Waals surface area contributed by atoms with Gasteiger partial charge < -0.3 is 97.7 Å². The molecule has 0 bridgehead atoms. The van der Waals surface area contributed by atoms with Gasteiger partial charge in [-0.1, -0.05) is 189 Å². The highest BCUT2D eigenvalue weighted by Gasteiger charge is 2.54. The van der Waals surface area contributed by atoms with Gasteiger partial charge in [-0.05, 0) is 96.3 Å². The summed E-state index contributed by atoms with van der Waals surface area (Å²) in [5.41, 5.74) is 12.9. The Labute approximate surface area is 804 Å². The molecule has 0 radical (unpaired) electrons. The van der Waals surface area contributed by atoms with Crippen molar-refractivity contribution in [2.45, 2.75) is 196 Å². The maximum Gasteiger partial charge on any atom is 0.494 e. The number of carbonyl (C=O) groups is 3. The van der Waals surface area contributed by atoms with E-state index in [0.29, 0.717) is 107 Å². The van der Waals surface area contributed by atoms with Crippen molar-refractivity contribution >= 4 is 95.5 Å². The molecule has 0 spiro atoms. The lowest BCUT2D eigenvalue weighted by atomic mass is 9.79. The minimum atomic E-state index is -1.30. The van der Waals surface area contributed by atoms with E-state index in [1.807, 2.05) is 173 Å². The van der Waals surface area contributed by atoms with Crippen LogP contribution in [0.3, 0.4) is 0 Å². The molecule has 0 saturated carbocycles. The highest BCUT2D eigenvalue weighted by molar-refractivity contribution is 9.10. The molecule has 7 saturated heterocycles. The topological polar surface area (TPSA) is 332 Å². The first-order chi connectivity index (χ1) is 65.5. The van der Waals surface area contributed by atoms with Crippen LogP contribution in [0.15, 0.2) is 186 Å². The number of rotatable bonds is 28.